The monoisotopic (exact) mass is 1790 g/mol. The number of esters is 2. The topological polar surface area (TPSA) is 312 Å². The minimum Gasteiger partial charge on any atom is -0.459 e. The van der Waals surface area contributed by atoms with Crippen LogP contribution in [0.3, 0.4) is 0 Å². The van der Waals surface area contributed by atoms with Crippen molar-refractivity contribution in [3.63, 3.8) is 0 Å². The Morgan fingerprint density at radius 1 is 0.464 bits per heavy atom. The Hall–Kier alpha value is -7.29. The lowest BCUT2D eigenvalue weighted by atomic mass is 9.76. The fraction of sp³-hybridized carbons (Fsp3) is 0.674. The fourth-order valence-electron chi connectivity index (χ4n) is 20.2. The summed E-state index contributed by atoms with van der Waals surface area (Å²) in [6.07, 6.45) is -13.1. The van der Waals surface area contributed by atoms with Gasteiger partial charge in [-0.05, 0) is 156 Å². The van der Waals surface area contributed by atoms with E-state index in [2.05, 4.69) is 13.8 Å². The van der Waals surface area contributed by atoms with Gasteiger partial charge in [0.2, 0.25) is 0 Å². The van der Waals surface area contributed by atoms with Crippen LogP contribution in [0, 0.1) is 47.3 Å². The van der Waals surface area contributed by atoms with Crippen LogP contribution in [0.25, 0.3) is 0 Å². The van der Waals surface area contributed by atoms with E-state index in [1.54, 1.807) is 34.9 Å². The van der Waals surface area contributed by atoms with Gasteiger partial charge in [0, 0.05) is 37.8 Å². The van der Waals surface area contributed by atoms with Gasteiger partial charge in [-0.2, -0.15) is 0 Å². The van der Waals surface area contributed by atoms with Gasteiger partial charge in [-0.1, -0.05) is 177 Å². The first-order valence-electron chi connectivity index (χ1n) is 44.0. The van der Waals surface area contributed by atoms with E-state index in [0.29, 0.717) is 25.7 Å². The summed E-state index contributed by atoms with van der Waals surface area (Å²) in [5.74, 6) is -8.34. The molecule has 0 spiro atoms. The van der Waals surface area contributed by atoms with E-state index in [0.717, 1.165) is 22.3 Å². The van der Waals surface area contributed by atoms with E-state index in [1.165, 1.54) is 16.7 Å². The van der Waals surface area contributed by atoms with Crippen LogP contribution in [0.4, 0.5) is 19.2 Å². The van der Waals surface area contributed by atoms with Gasteiger partial charge in [0.1, 0.15) is 55.8 Å². The number of hydrogen-bond acceptors (Lipinski definition) is 26. The maximum atomic E-state index is 14.5. The highest BCUT2D eigenvalue weighted by Crippen LogP contribution is 2.54. The maximum Gasteiger partial charge on any atom is 0.509 e. The molecule has 29 atom stereocenters. The van der Waals surface area contributed by atoms with Gasteiger partial charge in [-0.3, -0.25) is 14.4 Å². The van der Waals surface area contributed by atoms with Crippen LogP contribution in [0.1, 0.15) is 199 Å². The van der Waals surface area contributed by atoms with Crippen LogP contribution in [0.2, 0.25) is 0 Å². The molecule has 4 aromatic rings. The Balaban J connectivity index is 0.000000253. The average Bonchev–Trinajstić information content (AvgIpc) is 1.62. The molecule has 8 aliphatic heterocycles. The molecule has 4 bridgehead atoms. The molecule has 0 saturated carbocycles. The molecule has 8 aliphatic rings. The minimum atomic E-state index is -1.31. The lowest BCUT2D eigenvalue weighted by Crippen LogP contribution is -2.61. The molecule has 4 aromatic carbocycles. The molecule has 8 heterocycles. The van der Waals surface area contributed by atoms with Crippen molar-refractivity contribution in [2.75, 3.05) is 19.4 Å². The van der Waals surface area contributed by atoms with E-state index in [4.69, 9.17) is 108 Å². The second-order valence-corrected chi connectivity index (χ2v) is 37.8. The van der Waals surface area contributed by atoms with Crippen molar-refractivity contribution in [2.24, 2.45) is 47.3 Å². The molecule has 10 unspecified atom stereocenters. The highest BCUT2D eigenvalue weighted by Gasteiger charge is 2.65. The Labute approximate surface area is 747 Å². The zero-order valence-electron chi connectivity index (χ0n) is 76.6. The lowest BCUT2D eigenvalue weighted by molar-refractivity contribution is -0.301. The Morgan fingerprint density at radius 3 is 1.16 bits per heavy atom. The number of nitrogens with zero attached hydrogens (tertiary/aromatic N) is 2. The van der Waals surface area contributed by atoms with Crippen LogP contribution in [-0.4, -0.2) is 215 Å². The molecule has 12 rings (SSSR count). The normalized spacial score (nSPS) is 37.4. The van der Waals surface area contributed by atoms with Crippen molar-refractivity contribution in [3.8, 4) is 0 Å². The molecular weight excluding hydrogens is 1660 g/mol. The van der Waals surface area contributed by atoms with Crippen LogP contribution in [-0.2, 0) is 126 Å². The van der Waals surface area contributed by atoms with Gasteiger partial charge >= 0.3 is 36.4 Å². The van der Waals surface area contributed by atoms with Gasteiger partial charge in [0.05, 0.1) is 89.5 Å². The average molecular weight is 1790 g/mol. The van der Waals surface area contributed by atoms with Crippen molar-refractivity contribution in [3.05, 3.63) is 144 Å². The van der Waals surface area contributed by atoms with Gasteiger partial charge in [0.25, 0.3) is 0 Å². The highest BCUT2D eigenvalue weighted by atomic mass is 35.5. The quantitative estimate of drug-likeness (QED) is 0.0372. The first-order chi connectivity index (χ1) is 58.9. The van der Waals surface area contributed by atoms with Crippen LogP contribution >= 0.6 is 23.2 Å². The standard InChI is InChI=1S/C47H67NO13.C47H65NO13.CH2Cl2/c2*1-12-35-47(10,61-45(7,8)59-35)40-31(6)37-27(2)24-46(9,60-37)39(29(4)36(49)30(5)41(50)57-40)58-42-38(56-44(52)54-26-33-21-17-14-18-22-33)34(23-28(3)55-42)48(11)43(51)53-25-32-19-15-13-16-20-32;2-1-3/h13-22,27-31,34-40,42,49H,12,23-26H2,1-11H3;13-22,27-31,34-35,37-40,42H,12,23-26H2,1-11H3;1H2/t27?,28?,29-,30+,31-,34?,35+,36-,37?,38?,39+,40+,42-,46-,47+;27?,28?,29-,30+,31-,34?,35+,37?,38?,39+,40+,42-,46-,47+;/m00./s1. The number of aliphatic hydroxyl groups excluding tert-OH is 1. The number of halogens is 2. The number of Topliss-reactive ketones (excluding diaryl/α,β-unsaturated/α-hetero) is 1. The third kappa shape index (κ3) is 23.7. The molecule has 0 aliphatic carbocycles. The second kappa shape index (κ2) is 42.5. The molecule has 0 radical (unpaired) electrons. The number of aliphatic hydroxyl groups is 1. The number of rotatable bonds is 20. The third-order valence-electron chi connectivity index (χ3n) is 26.2. The summed E-state index contributed by atoms with van der Waals surface area (Å²) in [7, 11) is 3.15. The van der Waals surface area contributed by atoms with E-state index in [9.17, 15) is 38.7 Å². The maximum absolute atomic E-state index is 14.5. The smallest absolute Gasteiger partial charge is 0.459 e. The Morgan fingerprint density at radius 2 is 0.800 bits per heavy atom. The number of carbonyl (C=O) groups excluding carboxylic acids is 7. The van der Waals surface area contributed by atoms with Gasteiger partial charge in [-0.15, -0.1) is 23.2 Å². The van der Waals surface area contributed by atoms with Crippen molar-refractivity contribution < 1.29 is 124 Å². The molecule has 8 saturated heterocycles. The SMILES string of the molecule is CC[C@H]1OC(C)(C)O[C@@]1(C)[C@@H]1OC(=O)[C@H](C)C(=O)[C@H](C)[C@@H](O[C@@H]2OC(C)CC(N(C)C(=O)OCc3ccccc3)C2OC(=O)OCc2ccccc2)[C@]2(C)CC(C)C(O2)[C@@H]1C.CC[C@H]1OC(C)(C)O[C@@]1(C)[C@@H]1OC(=O)[C@H](C)[C@@H](O)[C@H](C)[C@@H](O[C@@H]2OC(C)CC(N(C)C(=O)OCc3ccccc3)C2OC(=O)OCc2ccccc2)[C@]2(C)CC(C)C(O2)[C@@H]1C.ClCCl. The molecule has 694 valence electrons. The van der Waals surface area contributed by atoms with Crippen LogP contribution in [0.15, 0.2) is 121 Å². The van der Waals surface area contributed by atoms with Gasteiger partial charge in [-0.25, -0.2) is 19.2 Å². The second-order valence-electron chi connectivity index (χ2n) is 37.0. The number of likely N-dealkylation sites (N-methyl/N-ethyl adjacent to an activating group) is 2. The summed E-state index contributed by atoms with van der Waals surface area (Å²) in [5.41, 5.74) is -1.12. The molecule has 125 heavy (non-hydrogen) atoms. The number of carbonyl (C=O) groups is 7. The molecule has 0 aromatic heterocycles. The van der Waals surface area contributed by atoms with E-state index in [-0.39, 0.29) is 68.5 Å². The third-order valence-corrected chi connectivity index (χ3v) is 26.2. The summed E-state index contributed by atoms with van der Waals surface area (Å²) < 4.78 is 114. The molecular formula is C95H134Cl2N2O26. The number of amides is 2. The van der Waals surface area contributed by atoms with E-state index in [1.807, 2.05) is 218 Å². The van der Waals surface area contributed by atoms with Crippen molar-refractivity contribution in [2.45, 2.75) is 341 Å². The molecule has 2 amide bonds. The number of cyclic esters (lactones) is 2. The Kier molecular flexibility index (Phi) is 34.0. The summed E-state index contributed by atoms with van der Waals surface area (Å²) in [6, 6.07) is 35.4. The summed E-state index contributed by atoms with van der Waals surface area (Å²) in [5, 5.41) is 12.3. The minimum absolute atomic E-state index is 0.0269. The first-order valence-corrected chi connectivity index (χ1v) is 45.1. The molecule has 1 N–H and O–H groups in total. The summed E-state index contributed by atoms with van der Waals surface area (Å²) in [6.45, 7) is 37.5. The van der Waals surface area contributed by atoms with Crippen LogP contribution in [0.5, 0.6) is 0 Å². The van der Waals surface area contributed by atoms with Gasteiger partial charge < -0.3 is 100 Å². The van der Waals surface area contributed by atoms with E-state index >= 15 is 0 Å². The lowest BCUT2D eigenvalue weighted by Gasteiger charge is -2.47. The van der Waals surface area contributed by atoms with Gasteiger partial charge in [0.15, 0.2) is 42.1 Å². The molecule has 28 nitrogen and oxygen atoms in total. The number of ketones is 1. The first kappa shape index (κ1) is 99.9. The van der Waals surface area contributed by atoms with Crippen molar-refractivity contribution in [1.82, 2.24) is 9.80 Å². The molecule has 30 heteroatoms. The summed E-state index contributed by atoms with van der Waals surface area (Å²) in [4.78, 5) is 100. The Bertz CT molecular complexity index is 4200. The predicted molar refractivity (Wildman–Crippen MR) is 461 cm³/mol. The molecule has 8 fully saturated rings. The zero-order valence-corrected chi connectivity index (χ0v) is 78.1. The fourth-order valence-corrected chi connectivity index (χ4v) is 20.2. The number of benzene rings is 4. The van der Waals surface area contributed by atoms with E-state index < -0.39 is 204 Å². The number of fused-ring (bicyclic) bond motifs is 4. The van der Waals surface area contributed by atoms with Crippen molar-refractivity contribution in [1.29, 1.82) is 0 Å². The van der Waals surface area contributed by atoms with Crippen molar-refractivity contribution >= 4 is 65.4 Å². The summed E-state index contributed by atoms with van der Waals surface area (Å²) >= 11 is 9.53. The highest BCUT2D eigenvalue weighted by molar-refractivity contribution is 6.40. The predicted octanol–water partition coefficient (Wildman–Crippen LogP) is 16.8. The zero-order chi connectivity index (χ0) is 91.6. The largest absolute Gasteiger partial charge is 0.509 e. The van der Waals surface area contributed by atoms with Crippen LogP contribution < -0.4 is 0 Å². The number of hydrogen-bond donors (Lipinski definition) is 1. The number of alkyl halides is 2. The number of ether oxygens (including phenoxy) is 18.